The van der Waals surface area contributed by atoms with Gasteiger partial charge in [0.05, 0.1) is 0 Å². The molecule has 0 spiro atoms. The van der Waals surface area contributed by atoms with Crippen LogP contribution in [-0.2, 0) is 9.59 Å². The number of amides is 1. The maximum absolute atomic E-state index is 11.9. The number of carboxylic acid groups (broad SMARTS) is 1. The summed E-state index contributed by atoms with van der Waals surface area (Å²) in [5.41, 5.74) is 1.54. The van der Waals surface area contributed by atoms with E-state index < -0.39 is 12.1 Å². The predicted molar refractivity (Wildman–Crippen MR) is 74.5 cm³/mol. The summed E-state index contributed by atoms with van der Waals surface area (Å²) in [6.07, 6.45) is 2.70. The van der Waals surface area contributed by atoms with Gasteiger partial charge in [0.1, 0.15) is 5.75 Å². The average molecular weight is 275 g/mol. The number of hydrogen-bond donors (Lipinski definition) is 1. The molecule has 1 heterocycles. The zero-order valence-corrected chi connectivity index (χ0v) is 11.5. The zero-order chi connectivity index (χ0) is 14.7. The lowest BCUT2D eigenvalue weighted by Gasteiger charge is -2.16. The third-order valence-electron chi connectivity index (χ3n) is 3.29. The lowest BCUT2D eigenvalue weighted by Crippen LogP contribution is -2.29. The van der Waals surface area contributed by atoms with Crippen LogP contribution in [0.2, 0.25) is 0 Å². The molecular formula is C15H17NO4. The van der Waals surface area contributed by atoms with Crippen LogP contribution in [-0.4, -0.2) is 41.6 Å². The van der Waals surface area contributed by atoms with Crippen molar-refractivity contribution in [1.82, 2.24) is 4.90 Å². The molecule has 1 amide bonds. The molecule has 1 aliphatic heterocycles. The van der Waals surface area contributed by atoms with Gasteiger partial charge in [-0.2, -0.15) is 0 Å². The number of carboxylic acids is 1. The van der Waals surface area contributed by atoms with Crippen LogP contribution in [0.15, 0.2) is 24.3 Å². The summed E-state index contributed by atoms with van der Waals surface area (Å²) < 4.78 is 5.82. The number of hydrogen-bond acceptors (Lipinski definition) is 3. The van der Waals surface area contributed by atoms with Gasteiger partial charge < -0.3 is 14.7 Å². The van der Waals surface area contributed by atoms with Crippen molar-refractivity contribution in [2.24, 2.45) is 0 Å². The van der Waals surface area contributed by atoms with Crippen molar-refractivity contribution in [3.8, 4) is 5.75 Å². The smallest absolute Gasteiger partial charge is 0.328 e. The van der Waals surface area contributed by atoms with E-state index in [2.05, 4.69) is 0 Å². The lowest BCUT2D eigenvalue weighted by molar-refractivity contribution is -0.132. The van der Waals surface area contributed by atoms with Gasteiger partial charge in [-0.15, -0.1) is 0 Å². The first-order valence-electron chi connectivity index (χ1n) is 6.41. The molecule has 1 N–H and O–H groups in total. The molecule has 1 unspecified atom stereocenters. The fourth-order valence-corrected chi connectivity index (χ4v) is 2.17. The van der Waals surface area contributed by atoms with Crippen molar-refractivity contribution in [3.05, 3.63) is 35.4 Å². The Bertz CT molecular complexity index is 565. The van der Waals surface area contributed by atoms with Crippen molar-refractivity contribution >= 4 is 18.0 Å². The molecule has 0 radical (unpaired) electrons. The molecule has 0 saturated carbocycles. The van der Waals surface area contributed by atoms with Gasteiger partial charge in [0.15, 0.2) is 6.10 Å². The Hall–Kier alpha value is -2.30. The van der Waals surface area contributed by atoms with Gasteiger partial charge in [0.2, 0.25) is 0 Å². The average Bonchev–Trinajstić information content (AvgIpc) is 2.71. The fourth-order valence-electron chi connectivity index (χ4n) is 2.17. The Balaban J connectivity index is 2.26. The van der Waals surface area contributed by atoms with Gasteiger partial charge in [-0.05, 0) is 18.6 Å². The molecule has 1 aromatic rings. The molecule has 1 aliphatic rings. The molecular weight excluding hydrogens is 258 g/mol. The molecule has 0 bridgehead atoms. The minimum Gasteiger partial charge on any atom is -0.480 e. The number of nitrogens with zero attached hydrogens (tertiary/aromatic N) is 1. The molecule has 106 valence electrons. The maximum Gasteiger partial charge on any atom is 0.328 e. The highest BCUT2D eigenvalue weighted by atomic mass is 16.5. The van der Waals surface area contributed by atoms with E-state index in [-0.39, 0.29) is 5.91 Å². The largest absolute Gasteiger partial charge is 0.480 e. The van der Waals surface area contributed by atoms with Crippen LogP contribution in [0.3, 0.4) is 0 Å². The lowest BCUT2D eigenvalue weighted by atomic mass is 10.1. The van der Waals surface area contributed by atoms with E-state index in [4.69, 9.17) is 9.84 Å². The fraction of sp³-hybridized carbons (Fsp3) is 0.333. The second-order valence-corrected chi connectivity index (χ2v) is 4.82. The summed E-state index contributed by atoms with van der Waals surface area (Å²) in [5.74, 6) is -0.491. The van der Waals surface area contributed by atoms with Crippen molar-refractivity contribution in [3.63, 3.8) is 0 Å². The van der Waals surface area contributed by atoms with Gasteiger partial charge in [-0.1, -0.05) is 18.2 Å². The first-order valence-corrected chi connectivity index (χ1v) is 6.41. The van der Waals surface area contributed by atoms with E-state index in [1.165, 1.54) is 6.08 Å². The highest BCUT2D eigenvalue weighted by molar-refractivity contribution is 5.86. The highest BCUT2D eigenvalue weighted by Gasteiger charge is 2.31. The minimum atomic E-state index is -1.02. The Labute approximate surface area is 117 Å². The van der Waals surface area contributed by atoms with E-state index in [9.17, 15) is 9.59 Å². The van der Waals surface area contributed by atoms with Crippen LogP contribution in [0.25, 0.3) is 6.08 Å². The summed E-state index contributed by atoms with van der Waals surface area (Å²) in [6, 6.07) is 5.47. The quantitative estimate of drug-likeness (QED) is 0.849. The minimum absolute atomic E-state index is 0.0404. The standard InChI is InChI=1S/C15H17NO4/c1-10-4-3-5-11(6-7-13(17)18)14(10)20-12-8-9-16(2)15(12)19/h3-7,12H,8-9H2,1-2H3,(H,17,18)/b7-6+. The van der Waals surface area contributed by atoms with Crippen LogP contribution in [0.4, 0.5) is 0 Å². The molecule has 20 heavy (non-hydrogen) atoms. The normalized spacial score (nSPS) is 18.8. The molecule has 5 nitrogen and oxygen atoms in total. The number of carbonyl (C=O) groups excluding carboxylic acids is 1. The number of benzene rings is 1. The summed E-state index contributed by atoms with van der Waals surface area (Å²) in [6.45, 7) is 2.55. The number of ether oxygens (including phenoxy) is 1. The van der Waals surface area contributed by atoms with Crippen LogP contribution >= 0.6 is 0 Å². The van der Waals surface area contributed by atoms with E-state index in [0.29, 0.717) is 24.3 Å². The van der Waals surface area contributed by atoms with Crippen molar-refractivity contribution in [1.29, 1.82) is 0 Å². The van der Waals surface area contributed by atoms with Crippen molar-refractivity contribution in [2.45, 2.75) is 19.4 Å². The van der Waals surface area contributed by atoms with Gasteiger partial charge in [-0.3, -0.25) is 4.79 Å². The molecule has 5 heteroatoms. The number of aryl methyl sites for hydroxylation is 1. The number of carbonyl (C=O) groups is 2. The monoisotopic (exact) mass is 275 g/mol. The molecule has 1 saturated heterocycles. The van der Waals surface area contributed by atoms with E-state index in [0.717, 1.165) is 11.6 Å². The van der Waals surface area contributed by atoms with Gasteiger partial charge >= 0.3 is 5.97 Å². The Morgan fingerprint density at radius 1 is 1.50 bits per heavy atom. The van der Waals surface area contributed by atoms with Gasteiger partial charge in [0.25, 0.3) is 5.91 Å². The molecule has 1 atom stereocenters. The second kappa shape index (κ2) is 5.77. The number of aliphatic carboxylic acids is 1. The molecule has 1 fully saturated rings. The number of rotatable bonds is 4. The molecule has 0 aromatic heterocycles. The van der Waals surface area contributed by atoms with E-state index in [1.54, 1.807) is 18.0 Å². The first kappa shape index (κ1) is 14.1. The summed E-state index contributed by atoms with van der Waals surface area (Å²) in [5, 5.41) is 8.71. The van der Waals surface area contributed by atoms with Crippen LogP contribution in [0.5, 0.6) is 5.75 Å². The Kier molecular flexibility index (Phi) is 4.08. The van der Waals surface area contributed by atoms with Crippen molar-refractivity contribution < 1.29 is 19.4 Å². The Morgan fingerprint density at radius 3 is 2.85 bits per heavy atom. The number of likely N-dealkylation sites (tertiary alicyclic amines) is 1. The number of likely N-dealkylation sites (N-methyl/N-ethyl adjacent to an activating group) is 1. The molecule has 1 aromatic carbocycles. The van der Waals surface area contributed by atoms with Crippen LogP contribution in [0.1, 0.15) is 17.5 Å². The third kappa shape index (κ3) is 2.99. The SMILES string of the molecule is Cc1cccc(/C=C/C(=O)O)c1OC1CCN(C)C1=O. The summed E-state index contributed by atoms with van der Waals surface area (Å²) in [7, 11) is 1.74. The summed E-state index contributed by atoms with van der Waals surface area (Å²) in [4.78, 5) is 24.1. The molecule has 2 rings (SSSR count). The van der Waals surface area contributed by atoms with Crippen LogP contribution < -0.4 is 4.74 Å². The van der Waals surface area contributed by atoms with E-state index >= 15 is 0 Å². The van der Waals surface area contributed by atoms with Crippen molar-refractivity contribution in [2.75, 3.05) is 13.6 Å². The van der Waals surface area contributed by atoms with Gasteiger partial charge in [-0.25, -0.2) is 4.79 Å². The third-order valence-corrected chi connectivity index (χ3v) is 3.29. The molecule has 0 aliphatic carbocycles. The number of para-hydroxylation sites is 1. The van der Waals surface area contributed by atoms with Crippen LogP contribution in [0, 0.1) is 6.92 Å². The summed E-state index contributed by atoms with van der Waals surface area (Å²) >= 11 is 0. The van der Waals surface area contributed by atoms with E-state index in [1.807, 2.05) is 19.1 Å². The maximum atomic E-state index is 11.9. The van der Waals surface area contributed by atoms with Gasteiger partial charge in [0, 0.05) is 31.7 Å². The zero-order valence-electron chi connectivity index (χ0n) is 11.5. The highest BCUT2D eigenvalue weighted by Crippen LogP contribution is 2.28. The predicted octanol–water partition coefficient (Wildman–Crippen LogP) is 1.70. The first-order chi connectivity index (χ1) is 9.49. The topological polar surface area (TPSA) is 66.8 Å². The second-order valence-electron chi connectivity index (χ2n) is 4.82. The Morgan fingerprint density at radius 2 is 2.25 bits per heavy atom.